The number of carbonyl (C=O) groups excluding carboxylic acids is 1. The zero-order valence-corrected chi connectivity index (χ0v) is 14.7. The first-order chi connectivity index (χ1) is 12.5. The Hall–Kier alpha value is -2.89. The Balaban J connectivity index is 1.79. The maximum atomic E-state index is 12.8. The molecule has 0 fully saturated rings. The van der Waals surface area contributed by atoms with Crippen molar-refractivity contribution in [2.75, 3.05) is 24.6 Å². The number of nitrogens with one attached hydrogen (secondary N) is 1. The van der Waals surface area contributed by atoms with Gasteiger partial charge in [0.1, 0.15) is 12.4 Å². The normalized spacial score (nSPS) is 13.4. The largest absolute Gasteiger partial charge is 0.490 e. The van der Waals surface area contributed by atoms with Gasteiger partial charge in [-0.3, -0.25) is 4.79 Å². The fourth-order valence-electron chi connectivity index (χ4n) is 2.64. The number of hydrogen-bond donors (Lipinski definition) is 1. The molecule has 0 saturated carbocycles. The molecule has 2 aromatic carbocycles. The fraction of sp³-hybridized carbons (Fsp3) is 0.222. The maximum absolute atomic E-state index is 12.8. The highest BCUT2D eigenvalue weighted by Gasteiger charge is 2.24. The first-order valence-corrected chi connectivity index (χ1v) is 9.51. The second kappa shape index (κ2) is 7.56. The standard InChI is InChI=1S/C18H17N3O4S/c19-10-3-11-20-26(23,24)15-8-6-14(7-9-15)18(22)21-12-13-25-17-5-2-1-4-16(17)21/h1-2,4-9,20H,3,11-13H2. The van der Waals surface area contributed by atoms with Crippen LogP contribution in [0.15, 0.2) is 53.4 Å². The first-order valence-electron chi connectivity index (χ1n) is 8.03. The number of rotatable bonds is 5. The van der Waals surface area contributed by atoms with Crippen LogP contribution < -0.4 is 14.4 Å². The molecule has 0 atom stereocenters. The van der Waals surface area contributed by atoms with Crippen LogP contribution in [0.4, 0.5) is 5.69 Å². The van der Waals surface area contributed by atoms with Gasteiger partial charge in [-0.05, 0) is 36.4 Å². The van der Waals surface area contributed by atoms with Gasteiger partial charge in [0.25, 0.3) is 5.91 Å². The van der Waals surface area contributed by atoms with Gasteiger partial charge in [0.05, 0.1) is 23.2 Å². The van der Waals surface area contributed by atoms with E-state index >= 15 is 0 Å². The van der Waals surface area contributed by atoms with E-state index in [1.165, 1.54) is 24.3 Å². The molecule has 8 heteroatoms. The highest BCUT2D eigenvalue weighted by molar-refractivity contribution is 7.89. The Morgan fingerprint density at radius 1 is 1.19 bits per heavy atom. The van der Waals surface area contributed by atoms with Crippen molar-refractivity contribution in [2.24, 2.45) is 0 Å². The van der Waals surface area contributed by atoms with Crippen LogP contribution in [0.1, 0.15) is 16.8 Å². The number of benzene rings is 2. The first kappa shape index (κ1) is 17.9. The summed E-state index contributed by atoms with van der Waals surface area (Å²) in [5, 5.41) is 8.49. The quantitative estimate of drug-likeness (QED) is 0.810. The smallest absolute Gasteiger partial charge is 0.258 e. The van der Waals surface area contributed by atoms with Crippen molar-refractivity contribution in [3.8, 4) is 11.8 Å². The second-order valence-electron chi connectivity index (χ2n) is 5.60. The van der Waals surface area contributed by atoms with Crippen LogP contribution in [0.25, 0.3) is 0 Å². The molecule has 0 unspecified atom stereocenters. The molecule has 0 bridgehead atoms. The number of hydrogen-bond acceptors (Lipinski definition) is 5. The number of anilines is 1. The van der Waals surface area contributed by atoms with E-state index in [1.807, 2.05) is 24.3 Å². The van der Waals surface area contributed by atoms with Crippen molar-refractivity contribution in [3.05, 3.63) is 54.1 Å². The second-order valence-corrected chi connectivity index (χ2v) is 7.37. The predicted octanol–water partition coefficient (Wildman–Crippen LogP) is 1.92. The van der Waals surface area contributed by atoms with Gasteiger partial charge >= 0.3 is 0 Å². The summed E-state index contributed by atoms with van der Waals surface area (Å²) in [5.41, 5.74) is 1.08. The third-order valence-electron chi connectivity index (χ3n) is 3.91. The third-order valence-corrected chi connectivity index (χ3v) is 5.39. The summed E-state index contributed by atoms with van der Waals surface area (Å²) < 4.78 is 32.1. The van der Waals surface area contributed by atoms with E-state index in [0.29, 0.717) is 30.2 Å². The highest BCUT2D eigenvalue weighted by Crippen LogP contribution is 2.32. The molecule has 1 aliphatic rings. The number of fused-ring (bicyclic) bond motifs is 1. The van der Waals surface area contributed by atoms with Crippen molar-refractivity contribution in [1.29, 1.82) is 5.26 Å². The van der Waals surface area contributed by atoms with Crippen LogP contribution in [0, 0.1) is 11.3 Å². The molecule has 2 aromatic rings. The number of ether oxygens (including phenoxy) is 1. The Morgan fingerprint density at radius 2 is 1.92 bits per heavy atom. The van der Waals surface area contributed by atoms with E-state index < -0.39 is 10.0 Å². The average Bonchev–Trinajstić information content (AvgIpc) is 2.67. The van der Waals surface area contributed by atoms with Gasteiger partial charge in [-0.25, -0.2) is 13.1 Å². The minimum absolute atomic E-state index is 0.0457. The van der Waals surface area contributed by atoms with Crippen LogP contribution in [0.2, 0.25) is 0 Å². The fourth-order valence-corrected chi connectivity index (χ4v) is 3.67. The SMILES string of the molecule is N#CCCNS(=O)(=O)c1ccc(C(=O)N2CCOc3ccccc32)cc1. The van der Waals surface area contributed by atoms with Gasteiger partial charge in [0, 0.05) is 18.5 Å². The summed E-state index contributed by atoms with van der Waals surface area (Å²) >= 11 is 0. The molecular formula is C18H17N3O4S. The van der Waals surface area contributed by atoms with Gasteiger partial charge in [0.15, 0.2) is 0 Å². The molecule has 7 nitrogen and oxygen atoms in total. The van der Waals surface area contributed by atoms with Gasteiger partial charge in [-0.1, -0.05) is 12.1 Å². The molecule has 0 aromatic heterocycles. The molecule has 0 spiro atoms. The molecule has 134 valence electrons. The Morgan fingerprint density at radius 3 is 2.65 bits per heavy atom. The number of amides is 1. The Labute approximate surface area is 151 Å². The van der Waals surface area contributed by atoms with Gasteiger partial charge in [0.2, 0.25) is 10.0 Å². The molecule has 1 N–H and O–H groups in total. The molecule has 26 heavy (non-hydrogen) atoms. The van der Waals surface area contributed by atoms with E-state index in [-0.39, 0.29) is 23.8 Å². The van der Waals surface area contributed by atoms with Crippen LogP contribution >= 0.6 is 0 Å². The van der Waals surface area contributed by atoms with Crippen LogP contribution in [0.5, 0.6) is 5.75 Å². The van der Waals surface area contributed by atoms with Crippen LogP contribution in [0.3, 0.4) is 0 Å². The highest BCUT2D eigenvalue weighted by atomic mass is 32.2. The molecule has 1 aliphatic heterocycles. The van der Waals surface area contributed by atoms with E-state index in [1.54, 1.807) is 11.0 Å². The van der Waals surface area contributed by atoms with Crippen molar-refractivity contribution < 1.29 is 17.9 Å². The van der Waals surface area contributed by atoms with Crippen LogP contribution in [-0.2, 0) is 10.0 Å². The number of sulfonamides is 1. The third kappa shape index (κ3) is 3.69. The Kier molecular flexibility index (Phi) is 5.21. The monoisotopic (exact) mass is 371 g/mol. The zero-order chi connectivity index (χ0) is 18.6. The van der Waals surface area contributed by atoms with Gasteiger partial charge in [-0.15, -0.1) is 0 Å². The lowest BCUT2D eigenvalue weighted by atomic mass is 10.1. The predicted molar refractivity (Wildman–Crippen MR) is 95.5 cm³/mol. The topological polar surface area (TPSA) is 99.5 Å². The molecule has 0 aliphatic carbocycles. The van der Waals surface area contributed by atoms with E-state index in [2.05, 4.69) is 4.72 Å². The number of nitriles is 1. The lowest BCUT2D eigenvalue weighted by Gasteiger charge is -2.29. The van der Waals surface area contributed by atoms with Gasteiger partial charge < -0.3 is 9.64 Å². The molecule has 0 radical (unpaired) electrons. The van der Waals surface area contributed by atoms with Crippen molar-refractivity contribution >= 4 is 21.6 Å². The molecule has 1 heterocycles. The van der Waals surface area contributed by atoms with Crippen molar-refractivity contribution in [1.82, 2.24) is 4.72 Å². The summed E-state index contributed by atoms with van der Waals surface area (Å²) in [6, 6.07) is 14.9. The maximum Gasteiger partial charge on any atom is 0.258 e. The number of carbonyl (C=O) groups is 1. The van der Waals surface area contributed by atoms with Crippen molar-refractivity contribution in [3.63, 3.8) is 0 Å². The summed E-state index contributed by atoms with van der Waals surface area (Å²) in [5.74, 6) is 0.426. The lowest BCUT2D eigenvalue weighted by Crippen LogP contribution is -2.37. The average molecular weight is 371 g/mol. The minimum Gasteiger partial charge on any atom is -0.490 e. The number of nitrogens with zero attached hydrogens (tertiary/aromatic N) is 2. The van der Waals surface area contributed by atoms with E-state index in [9.17, 15) is 13.2 Å². The molecule has 0 saturated heterocycles. The number of para-hydroxylation sites is 2. The zero-order valence-electron chi connectivity index (χ0n) is 13.9. The summed E-state index contributed by atoms with van der Waals surface area (Å²) in [4.78, 5) is 14.5. The lowest BCUT2D eigenvalue weighted by molar-refractivity contribution is 0.0976. The van der Waals surface area contributed by atoms with Gasteiger partial charge in [-0.2, -0.15) is 5.26 Å². The molecule has 1 amide bonds. The minimum atomic E-state index is -3.69. The van der Waals surface area contributed by atoms with E-state index in [0.717, 1.165) is 0 Å². The summed E-state index contributed by atoms with van der Waals surface area (Å²) in [6.45, 7) is 0.869. The molecule has 3 rings (SSSR count). The van der Waals surface area contributed by atoms with E-state index in [4.69, 9.17) is 10.00 Å². The molecular weight excluding hydrogens is 354 g/mol. The summed E-state index contributed by atoms with van der Waals surface area (Å²) in [6.07, 6.45) is 0.0895. The summed E-state index contributed by atoms with van der Waals surface area (Å²) in [7, 11) is -3.69. The van der Waals surface area contributed by atoms with Crippen LogP contribution in [-0.4, -0.2) is 34.0 Å². The Bertz CT molecular complexity index is 949. The van der Waals surface area contributed by atoms with Crippen molar-refractivity contribution in [2.45, 2.75) is 11.3 Å².